The molecule has 0 unspecified atom stereocenters. The summed E-state index contributed by atoms with van der Waals surface area (Å²) < 4.78 is 1.78. The van der Waals surface area contributed by atoms with Crippen molar-refractivity contribution in [2.45, 2.75) is 33.2 Å². The minimum absolute atomic E-state index is 0.230. The quantitative estimate of drug-likeness (QED) is 0.729. The third kappa shape index (κ3) is 3.19. The van der Waals surface area contributed by atoms with E-state index in [0.29, 0.717) is 18.9 Å². The van der Waals surface area contributed by atoms with E-state index in [1.165, 1.54) is 0 Å². The van der Waals surface area contributed by atoms with Crippen LogP contribution in [0.15, 0.2) is 30.7 Å². The number of amides is 1. The number of rotatable bonds is 3. The zero-order valence-corrected chi connectivity index (χ0v) is 15.4. The molecule has 3 aromatic rings. The van der Waals surface area contributed by atoms with E-state index < -0.39 is 0 Å². The van der Waals surface area contributed by atoms with Crippen molar-refractivity contribution in [1.29, 1.82) is 0 Å². The third-order valence-corrected chi connectivity index (χ3v) is 4.79. The Hall–Kier alpha value is -2.76. The van der Waals surface area contributed by atoms with E-state index in [1.54, 1.807) is 4.68 Å². The van der Waals surface area contributed by atoms with E-state index in [0.717, 1.165) is 46.4 Å². The highest BCUT2D eigenvalue weighted by Gasteiger charge is 2.22. The third-order valence-electron chi connectivity index (χ3n) is 4.79. The van der Waals surface area contributed by atoms with Crippen LogP contribution in [-0.2, 0) is 24.8 Å². The molecule has 4 heterocycles. The van der Waals surface area contributed by atoms with Crippen LogP contribution in [0.3, 0.4) is 0 Å². The van der Waals surface area contributed by atoms with Gasteiger partial charge in [0.2, 0.25) is 5.91 Å². The number of carbonyl (C=O) groups excluding carboxylic acids is 1. The molecule has 0 saturated heterocycles. The monoisotopic (exact) mass is 349 g/mol. The summed E-state index contributed by atoms with van der Waals surface area (Å²) in [6.45, 7) is 5.54. The van der Waals surface area contributed by atoms with Gasteiger partial charge in [-0.25, -0.2) is 9.97 Å². The van der Waals surface area contributed by atoms with Crippen molar-refractivity contribution in [2.24, 2.45) is 13.0 Å². The van der Waals surface area contributed by atoms with E-state index in [-0.39, 0.29) is 5.91 Å². The molecule has 0 radical (unpaired) electrons. The molecule has 0 aromatic carbocycles. The van der Waals surface area contributed by atoms with Gasteiger partial charge in [0.05, 0.1) is 6.20 Å². The van der Waals surface area contributed by atoms with Crippen molar-refractivity contribution in [1.82, 2.24) is 24.6 Å². The van der Waals surface area contributed by atoms with E-state index in [4.69, 9.17) is 4.98 Å². The molecule has 26 heavy (non-hydrogen) atoms. The van der Waals surface area contributed by atoms with Gasteiger partial charge in [-0.1, -0.05) is 13.8 Å². The maximum Gasteiger partial charge on any atom is 0.223 e. The summed E-state index contributed by atoms with van der Waals surface area (Å²) >= 11 is 0. The fourth-order valence-electron chi connectivity index (χ4n) is 3.44. The van der Waals surface area contributed by atoms with Gasteiger partial charge in [0.15, 0.2) is 5.65 Å². The van der Waals surface area contributed by atoms with Crippen LogP contribution in [0.25, 0.3) is 22.2 Å². The predicted octanol–water partition coefficient (Wildman–Crippen LogP) is 2.96. The van der Waals surface area contributed by atoms with Crippen molar-refractivity contribution in [2.75, 3.05) is 6.54 Å². The standard InChI is InChI=1S/C20H23N5O/c1-13(2)6-19(26)25-5-4-18-16(12-25)8-14-7-15(9-21-20(14)23-18)17-10-22-24(3)11-17/h7-11,13H,4-6,12H2,1-3H3. The average molecular weight is 349 g/mol. The summed E-state index contributed by atoms with van der Waals surface area (Å²) in [7, 11) is 1.90. The molecule has 1 aliphatic rings. The van der Waals surface area contributed by atoms with Gasteiger partial charge in [-0.2, -0.15) is 5.10 Å². The lowest BCUT2D eigenvalue weighted by atomic mass is 10.0. The predicted molar refractivity (Wildman–Crippen MR) is 100 cm³/mol. The second kappa shape index (κ2) is 6.52. The second-order valence-electron chi connectivity index (χ2n) is 7.43. The van der Waals surface area contributed by atoms with Crippen molar-refractivity contribution in [3.63, 3.8) is 0 Å². The number of nitrogens with zero attached hydrogens (tertiary/aromatic N) is 5. The van der Waals surface area contributed by atoms with Crippen LogP contribution in [0.1, 0.15) is 31.5 Å². The highest BCUT2D eigenvalue weighted by Crippen LogP contribution is 2.26. The Morgan fingerprint density at radius 1 is 1.23 bits per heavy atom. The van der Waals surface area contributed by atoms with Gasteiger partial charge in [-0.15, -0.1) is 0 Å². The first-order valence-corrected chi connectivity index (χ1v) is 9.05. The lowest BCUT2D eigenvalue weighted by Gasteiger charge is -2.29. The molecule has 0 fully saturated rings. The molecule has 134 valence electrons. The van der Waals surface area contributed by atoms with Crippen LogP contribution in [0, 0.1) is 5.92 Å². The first kappa shape index (κ1) is 16.7. The number of carbonyl (C=O) groups is 1. The fraction of sp³-hybridized carbons (Fsp3) is 0.400. The Balaban J connectivity index is 1.66. The van der Waals surface area contributed by atoms with Crippen LogP contribution in [0.2, 0.25) is 0 Å². The lowest BCUT2D eigenvalue weighted by Crippen LogP contribution is -2.36. The Labute approximate surface area is 152 Å². The molecule has 6 nitrogen and oxygen atoms in total. The van der Waals surface area contributed by atoms with E-state index in [2.05, 4.69) is 36.1 Å². The Morgan fingerprint density at radius 3 is 2.81 bits per heavy atom. The second-order valence-corrected chi connectivity index (χ2v) is 7.43. The Morgan fingerprint density at radius 2 is 2.08 bits per heavy atom. The largest absolute Gasteiger partial charge is 0.338 e. The van der Waals surface area contributed by atoms with Crippen LogP contribution in [0.4, 0.5) is 0 Å². The van der Waals surface area contributed by atoms with E-state index >= 15 is 0 Å². The molecular formula is C20H23N5O. The van der Waals surface area contributed by atoms with Gasteiger partial charge >= 0.3 is 0 Å². The van der Waals surface area contributed by atoms with Gasteiger partial charge in [-0.05, 0) is 23.6 Å². The smallest absolute Gasteiger partial charge is 0.223 e. The van der Waals surface area contributed by atoms with Gasteiger partial charge in [0, 0.05) is 67.6 Å². The van der Waals surface area contributed by atoms with Crippen molar-refractivity contribution < 1.29 is 4.79 Å². The highest BCUT2D eigenvalue weighted by atomic mass is 16.2. The molecule has 1 amide bonds. The zero-order chi connectivity index (χ0) is 18.3. The summed E-state index contributed by atoms with van der Waals surface area (Å²) in [6.07, 6.45) is 7.05. The van der Waals surface area contributed by atoms with E-state index in [1.807, 2.05) is 30.5 Å². The molecule has 0 aliphatic carbocycles. The summed E-state index contributed by atoms with van der Waals surface area (Å²) in [5.41, 5.74) is 5.02. The maximum absolute atomic E-state index is 12.4. The SMILES string of the molecule is CC(C)CC(=O)N1CCc2nc3ncc(-c4cnn(C)c4)cc3cc2C1. The van der Waals surface area contributed by atoms with Gasteiger partial charge in [0.1, 0.15) is 0 Å². The summed E-state index contributed by atoms with van der Waals surface area (Å²) in [4.78, 5) is 23.6. The van der Waals surface area contributed by atoms with Crippen LogP contribution in [0.5, 0.6) is 0 Å². The molecule has 1 aliphatic heterocycles. The average Bonchev–Trinajstić information content (AvgIpc) is 3.04. The van der Waals surface area contributed by atoms with Gasteiger partial charge < -0.3 is 4.90 Å². The Kier molecular flexibility index (Phi) is 4.18. The van der Waals surface area contributed by atoms with Gasteiger partial charge in [0.25, 0.3) is 0 Å². The maximum atomic E-state index is 12.4. The number of fused-ring (bicyclic) bond motifs is 2. The lowest BCUT2D eigenvalue weighted by molar-refractivity contribution is -0.132. The molecule has 0 N–H and O–H groups in total. The summed E-state index contributed by atoms with van der Waals surface area (Å²) in [5, 5.41) is 5.23. The topological polar surface area (TPSA) is 63.9 Å². The molecule has 4 rings (SSSR count). The van der Waals surface area contributed by atoms with Crippen LogP contribution in [-0.4, -0.2) is 37.1 Å². The molecule has 3 aromatic heterocycles. The van der Waals surface area contributed by atoms with Crippen molar-refractivity contribution in [3.8, 4) is 11.1 Å². The molecule has 0 saturated carbocycles. The molecule has 0 spiro atoms. The van der Waals surface area contributed by atoms with E-state index in [9.17, 15) is 4.79 Å². The summed E-state index contributed by atoms with van der Waals surface area (Å²) in [6, 6.07) is 4.24. The van der Waals surface area contributed by atoms with Crippen LogP contribution < -0.4 is 0 Å². The zero-order valence-electron chi connectivity index (χ0n) is 15.4. The molecule has 6 heteroatoms. The normalized spacial score (nSPS) is 14.1. The first-order chi connectivity index (χ1) is 12.5. The molecule has 0 bridgehead atoms. The first-order valence-electron chi connectivity index (χ1n) is 9.05. The minimum atomic E-state index is 0.230. The molecular weight excluding hydrogens is 326 g/mol. The fourth-order valence-corrected chi connectivity index (χ4v) is 3.44. The van der Waals surface area contributed by atoms with Gasteiger partial charge in [-0.3, -0.25) is 9.48 Å². The van der Waals surface area contributed by atoms with Crippen LogP contribution >= 0.6 is 0 Å². The molecule has 0 atom stereocenters. The number of aromatic nitrogens is 4. The van der Waals surface area contributed by atoms with Crippen molar-refractivity contribution >= 4 is 16.9 Å². The van der Waals surface area contributed by atoms with Crippen molar-refractivity contribution in [3.05, 3.63) is 42.0 Å². The number of hydrogen-bond donors (Lipinski definition) is 0. The highest BCUT2D eigenvalue weighted by molar-refractivity contribution is 5.82. The minimum Gasteiger partial charge on any atom is -0.338 e. The number of aryl methyl sites for hydroxylation is 1. The number of pyridine rings is 2. The summed E-state index contributed by atoms with van der Waals surface area (Å²) in [5.74, 6) is 0.609. The number of hydrogen-bond acceptors (Lipinski definition) is 4. The Bertz CT molecular complexity index is 975.